The van der Waals surface area contributed by atoms with Crippen molar-refractivity contribution in [3.63, 3.8) is 0 Å². The number of hydrogen-bond donors (Lipinski definition) is 0. The summed E-state index contributed by atoms with van der Waals surface area (Å²) in [5.74, 6) is 0.533. The van der Waals surface area contributed by atoms with E-state index in [4.69, 9.17) is 4.74 Å². The van der Waals surface area contributed by atoms with Crippen LogP contribution in [0.5, 0.6) is 0 Å². The maximum Gasteiger partial charge on any atom is 0.309 e. The Bertz CT molecular complexity index is 1070. The van der Waals surface area contributed by atoms with Crippen molar-refractivity contribution in [3.05, 3.63) is 77.6 Å². The smallest absolute Gasteiger partial charge is 0.309 e. The molecule has 5 nitrogen and oxygen atoms in total. The monoisotopic (exact) mass is 465 g/mol. The van der Waals surface area contributed by atoms with Gasteiger partial charge in [-0.2, -0.15) is 0 Å². The number of aromatic nitrogens is 2. The van der Waals surface area contributed by atoms with E-state index in [1.165, 1.54) is 11.6 Å². The zero-order valence-corrected chi connectivity index (χ0v) is 19.7. The molecule has 3 aromatic rings. The molecule has 4 rings (SSSR count). The van der Waals surface area contributed by atoms with Crippen molar-refractivity contribution in [2.75, 3.05) is 18.0 Å². The van der Waals surface area contributed by atoms with E-state index in [2.05, 4.69) is 53.2 Å². The van der Waals surface area contributed by atoms with Crippen molar-refractivity contribution < 1.29 is 13.9 Å². The Morgan fingerprint density at radius 3 is 2.42 bits per heavy atom. The zero-order valence-electron chi connectivity index (χ0n) is 18.9. The summed E-state index contributed by atoms with van der Waals surface area (Å²) in [6.45, 7) is 5.75. The van der Waals surface area contributed by atoms with E-state index in [-0.39, 0.29) is 24.3 Å². The van der Waals surface area contributed by atoms with Crippen LogP contribution in [0, 0.1) is 11.7 Å². The molecule has 1 fully saturated rings. The number of rotatable bonds is 7. The van der Waals surface area contributed by atoms with Crippen LogP contribution in [-0.4, -0.2) is 29.3 Å². The molecule has 0 saturated carbocycles. The van der Waals surface area contributed by atoms with E-state index in [9.17, 15) is 9.18 Å². The van der Waals surface area contributed by atoms with Crippen molar-refractivity contribution in [1.82, 2.24) is 10.2 Å². The van der Waals surface area contributed by atoms with Gasteiger partial charge in [0.15, 0.2) is 5.82 Å². The molecule has 0 bridgehead atoms. The molecule has 0 radical (unpaired) electrons. The van der Waals surface area contributed by atoms with Gasteiger partial charge in [-0.05, 0) is 54.7 Å². The summed E-state index contributed by atoms with van der Waals surface area (Å²) in [6.07, 6.45) is 1.35. The zero-order chi connectivity index (χ0) is 23.2. The first-order chi connectivity index (χ1) is 16.0. The van der Waals surface area contributed by atoms with E-state index in [1.807, 2.05) is 12.1 Å². The average Bonchev–Trinajstić information content (AvgIpc) is 2.84. The van der Waals surface area contributed by atoms with Crippen LogP contribution in [0.1, 0.15) is 43.7 Å². The normalized spacial score (nSPS) is 14.5. The Hall–Kier alpha value is -2.93. The average molecular weight is 466 g/mol. The van der Waals surface area contributed by atoms with Crippen LogP contribution >= 0.6 is 11.8 Å². The number of piperidine rings is 1. The maximum absolute atomic E-state index is 13.7. The van der Waals surface area contributed by atoms with Gasteiger partial charge in [-0.3, -0.25) is 4.79 Å². The SMILES string of the molecule is CC(C)c1ccc(Sc2ccc(N3CCC(C(=O)OCc4ccccc4F)CC3)nn2)cc1. The van der Waals surface area contributed by atoms with E-state index >= 15 is 0 Å². The molecule has 0 aliphatic carbocycles. The van der Waals surface area contributed by atoms with E-state index < -0.39 is 0 Å². The van der Waals surface area contributed by atoms with Gasteiger partial charge < -0.3 is 9.64 Å². The molecule has 2 heterocycles. The molecule has 1 aliphatic heterocycles. The van der Waals surface area contributed by atoms with Crippen LogP contribution in [0.15, 0.2) is 70.6 Å². The minimum Gasteiger partial charge on any atom is -0.460 e. The molecule has 0 unspecified atom stereocenters. The third-order valence-corrected chi connectivity index (χ3v) is 6.81. The molecule has 172 valence electrons. The third-order valence-electron chi connectivity index (χ3n) is 5.88. The number of carbonyl (C=O) groups is 1. The summed E-state index contributed by atoms with van der Waals surface area (Å²) in [5.41, 5.74) is 1.72. The van der Waals surface area contributed by atoms with E-state index in [0.717, 1.165) is 15.7 Å². The lowest BCUT2D eigenvalue weighted by Gasteiger charge is -2.31. The fraction of sp³-hybridized carbons (Fsp3) is 0.346. The van der Waals surface area contributed by atoms with Crippen LogP contribution < -0.4 is 4.90 Å². The highest BCUT2D eigenvalue weighted by Gasteiger charge is 2.27. The minimum atomic E-state index is -0.354. The lowest BCUT2D eigenvalue weighted by Crippen LogP contribution is -2.37. The molecular weight excluding hydrogens is 437 g/mol. The molecule has 7 heteroatoms. The number of carbonyl (C=O) groups excluding carboxylic acids is 1. The summed E-state index contributed by atoms with van der Waals surface area (Å²) in [5, 5.41) is 9.62. The fourth-order valence-corrected chi connectivity index (χ4v) is 4.54. The summed E-state index contributed by atoms with van der Waals surface area (Å²) in [4.78, 5) is 15.7. The number of benzene rings is 2. The van der Waals surface area contributed by atoms with Gasteiger partial charge in [-0.1, -0.05) is 55.9 Å². The van der Waals surface area contributed by atoms with Gasteiger partial charge >= 0.3 is 5.97 Å². The quantitative estimate of drug-likeness (QED) is 0.408. The molecule has 0 N–H and O–H groups in total. The van der Waals surface area contributed by atoms with Crippen LogP contribution in [0.2, 0.25) is 0 Å². The first kappa shape index (κ1) is 23.2. The molecule has 2 aromatic carbocycles. The van der Waals surface area contributed by atoms with E-state index in [1.54, 1.807) is 30.0 Å². The van der Waals surface area contributed by atoms with Gasteiger partial charge in [0.2, 0.25) is 0 Å². The number of ether oxygens (including phenoxy) is 1. The summed E-state index contributed by atoms with van der Waals surface area (Å²) < 4.78 is 19.1. The lowest BCUT2D eigenvalue weighted by molar-refractivity contribution is -0.150. The van der Waals surface area contributed by atoms with Crippen LogP contribution in [-0.2, 0) is 16.1 Å². The first-order valence-electron chi connectivity index (χ1n) is 11.3. The molecule has 33 heavy (non-hydrogen) atoms. The third kappa shape index (κ3) is 6.11. The van der Waals surface area contributed by atoms with Crippen LogP contribution in [0.25, 0.3) is 0 Å². The summed E-state index contributed by atoms with van der Waals surface area (Å²) >= 11 is 1.59. The number of esters is 1. The maximum atomic E-state index is 13.7. The number of anilines is 1. The van der Waals surface area contributed by atoms with Gasteiger partial charge in [0.1, 0.15) is 17.5 Å². The molecule has 1 aromatic heterocycles. The minimum absolute atomic E-state index is 0.0312. The molecule has 0 atom stereocenters. The second kappa shape index (κ2) is 10.8. The van der Waals surface area contributed by atoms with E-state index in [0.29, 0.717) is 37.4 Å². The van der Waals surface area contributed by atoms with Gasteiger partial charge in [0.05, 0.1) is 5.92 Å². The Morgan fingerprint density at radius 1 is 1.06 bits per heavy atom. The highest BCUT2D eigenvalue weighted by Crippen LogP contribution is 2.29. The molecule has 0 amide bonds. The van der Waals surface area contributed by atoms with Gasteiger partial charge in [-0.25, -0.2) is 4.39 Å². The van der Waals surface area contributed by atoms with Crippen LogP contribution in [0.3, 0.4) is 0 Å². The van der Waals surface area contributed by atoms with Gasteiger partial charge in [0.25, 0.3) is 0 Å². The second-order valence-corrected chi connectivity index (χ2v) is 9.61. The second-order valence-electron chi connectivity index (χ2n) is 8.52. The van der Waals surface area contributed by atoms with Crippen molar-refractivity contribution in [1.29, 1.82) is 0 Å². The Morgan fingerprint density at radius 2 is 1.79 bits per heavy atom. The number of halogens is 1. The standard InChI is InChI=1S/C26H28FN3O2S/c1-18(2)19-7-9-22(10-8-19)33-25-12-11-24(28-29-25)30-15-13-20(14-16-30)26(31)32-17-21-5-3-4-6-23(21)27/h3-12,18,20H,13-17H2,1-2H3. The topological polar surface area (TPSA) is 55.3 Å². The van der Waals surface area contributed by atoms with Crippen molar-refractivity contribution in [3.8, 4) is 0 Å². The largest absolute Gasteiger partial charge is 0.460 e. The van der Waals surface area contributed by atoms with Gasteiger partial charge in [-0.15, -0.1) is 10.2 Å². The van der Waals surface area contributed by atoms with Crippen molar-refractivity contribution >= 4 is 23.5 Å². The van der Waals surface area contributed by atoms with Crippen molar-refractivity contribution in [2.24, 2.45) is 5.92 Å². The molecule has 1 saturated heterocycles. The predicted molar refractivity (Wildman–Crippen MR) is 128 cm³/mol. The molecular formula is C26H28FN3O2S. The molecule has 1 aliphatic rings. The number of hydrogen-bond acceptors (Lipinski definition) is 6. The van der Waals surface area contributed by atoms with Gasteiger partial charge in [0, 0.05) is 23.5 Å². The number of nitrogens with zero attached hydrogens (tertiary/aromatic N) is 3. The fourth-order valence-electron chi connectivity index (χ4n) is 3.80. The summed E-state index contributed by atoms with van der Waals surface area (Å²) in [6, 6.07) is 18.9. The first-order valence-corrected chi connectivity index (χ1v) is 12.1. The summed E-state index contributed by atoms with van der Waals surface area (Å²) in [7, 11) is 0. The molecule has 0 spiro atoms. The highest BCUT2D eigenvalue weighted by atomic mass is 32.2. The van der Waals surface area contributed by atoms with Crippen LogP contribution in [0.4, 0.5) is 10.2 Å². The Labute approximate surface area is 198 Å². The predicted octanol–water partition coefficient (Wildman–Crippen LogP) is 5.85. The Kier molecular flexibility index (Phi) is 7.60. The highest BCUT2D eigenvalue weighted by molar-refractivity contribution is 7.99. The van der Waals surface area contributed by atoms with Crippen molar-refractivity contribution in [2.45, 2.75) is 49.1 Å². The lowest BCUT2D eigenvalue weighted by atomic mass is 9.97. The Balaban J connectivity index is 1.26.